The first kappa shape index (κ1) is 12.4. The molecule has 0 bridgehead atoms. The van der Waals surface area contributed by atoms with Crippen LogP contribution in [0, 0.1) is 0 Å². The number of carbonyl (C=O) groups is 1. The normalized spacial score (nSPS) is 8.22. The van der Waals surface area contributed by atoms with E-state index < -0.39 is 0 Å². The van der Waals surface area contributed by atoms with Crippen molar-refractivity contribution in [1.29, 1.82) is 0 Å². The van der Waals surface area contributed by atoms with E-state index in [9.17, 15) is 4.79 Å². The van der Waals surface area contributed by atoms with Gasteiger partial charge < -0.3 is 0 Å². The maximum absolute atomic E-state index is 10.6. The van der Waals surface area contributed by atoms with Crippen LogP contribution in [0.5, 0.6) is 0 Å². The summed E-state index contributed by atoms with van der Waals surface area (Å²) >= 11 is 0. The molecular weight excluding hydrogens is 123 g/mol. The fourth-order valence-electron chi connectivity index (χ4n) is 0.683. The van der Waals surface area contributed by atoms with E-state index in [1.807, 2.05) is 13.8 Å². The second-order valence-corrected chi connectivity index (χ2v) is 2.04. The van der Waals surface area contributed by atoms with Crippen LogP contribution in [0.1, 0.15) is 39.5 Å². The Hall–Kier alpha value is 0.670. The van der Waals surface area contributed by atoms with Crippen molar-refractivity contribution in [2.24, 2.45) is 0 Å². The molecule has 0 aliphatic heterocycles. The molecule has 0 N–H and O–H groups in total. The SMILES string of the molecule is CCCC(=O)CCC.[Na]. The van der Waals surface area contributed by atoms with Crippen molar-refractivity contribution < 1.29 is 4.79 Å². The molecule has 0 aromatic heterocycles. The van der Waals surface area contributed by atoms with Crippen molar-refractivity contribution in [2.45, 2.75) is 39.5 Å². The van der Waals surface area contributed by atoms with Gasteiger partial charge in [0, 0.05) is 42.4 Å². The quantitative estimate of drug-likeness (QED) is 0.540. The molecule has 1 nitrogen and oxygen atoms in total. The summed E-state index contributed by atoms with van der Waals surface area (Å²) in [5, 5.41) is 0. The van der Waals surface area contributed by atoms with Crippen LogP contribution >= 0.6 is 0 Å². The fourth-order valence-corrected chi connectivity index (χ4v) is 0.683. The van der Waals surface area contributed by atoms with Crippen LogP contribution in [0.3, 0.4) is 0 Å². The maximum atomic E-state index is 10.6. The number of hydrogen-bond acceptors (Lipinski definition) is 1. The van der Waals surface area contributed by atoms with Gasteiger partial charge in [-0.3, -0.25) is 4.79 Å². The first-order valence-corrected chi connectivity index (χ1v) is 3.33. The molecule has 0 unspecified atom stereocenters. The predicted octanol–water partition coefficient (Wildman–Crippen LogP) is 1.77. The smallest absolute Gasteiger partial charge is 0.132 e. The monoisotopic (exact) mass is 137 g/mol. The molecule has 49 valence electrons. The number of Topliss-reactive ketones (excluding diaryl/α,β-unsaturated/α-hetero) is 1. The molecule has 0 aliphatic rings. The van der Waals surface area contributed by atoms with E-state index in [0.717, 1.165) is 25.7 Å². The maximum Gasteiger partial charge on any atom is 0.132 e. The Bertz CT molecular complexity index is 63.3. The molecule has 0 rings (SSSR count). The van der Waals surface area contributed by atoms with Gasteiger partial charge in [0.25, 0.3) is 0 Å². The van der Waals surface area contributed by atoms with Crippen LogP contribution in [0.2, 0.25) is 0 Å². The molecule has 0 spiro atoms. The van der Waals surface area contributed by atoms with E-state index in [2.05, 4.69) is 0 Å². The van der Waals surface area contributed by atoms with Crippen molar-refractivity contribution >= 4 is 35.3 Å². The summed E-state index contributed by atoms with van der Waals surface area (Å²) in [5.74, 6) is 0.412. The predicted molar refractivity (Wildman–Crippen MR) is 40.6 cm³/mol. The van der Waals surface area contributed by atoms with Crippen molar-refractivity contribution in [3.8, 4) is 0 Å². The second-order valence-electron chi connectivity index (χ2n) is 2.04. The Balaban J connectivity index is 0. The van der Waals surface area contributed by atoms with Gasteiger partial charge in [0.15, 0.2) is 0 Å². The van der Waals surface area contributed by atoms with Crippen LogP contribution in [0.4, 0.5) is 0 Å². The van der Waals surface area contributed by atoms with Crippen LogP contribution in [-0.4, -0.2) is 35.3 Å². The Morgan fingerprint density at radius 1 is 1.11 bits per heavy atom. The minimum atomic E-state index is 0. The van der Waals surface area contributed by atoms with Gasteiger partial charge in [0.05, 0.1) is 0 Å². The van der Waals surface area contributed by atoms with E-state index in [1.54, 1.807) is 0 Å². The number of hydrogen-bond donors (Lipinski definition) is 0. The summed E-state index contributed by atoms with van der Waals surface area (Å²) in [6.07, 6.45) is 3.54. The molecule has 0 aromatic carbocycles. The molecule has 0 aliphatic carbocycles. The van der Waals surface area contributed by atoms with E-state index in [0.29, 0.717) is 5.78 Å². The third-order valence-corrected chi connectivity index (χ3v) is 1.06. The van der Waals surface area contributed by atoms with E-state index in [4.69, 9.17) is 0 Å². The third-order valence-electron chi connectivity index (χ3n) is 1.06. The summed E-state index contributed by atoms with van der Waals surface area (Å²) < 4.78 is 0. The van der Waals surface area contributed by atoms with Crippen LogP contribution in [0.25, 0.3) is 0 Å². The zero-order chi connectivity index (χ0) is 6.41. The Morgan fingerprint density at radius 2 is 1.44 bits per heavy atom. The summed E-state index contributed by atoms with van der Waals surface area (Å²) in [4.78, 5) is 10.6. The Morgan fingerprint density at radius 3 is 1.67 bits per heavy atom. The molecule has 9 heavy (non-hydrogen) atoms. The number of carbonyl (C=O) groups excluding carboxylic acids is 1. The first-order chi connectivity index (χ1) is 3.81. The fraction of sp³-hybridized carbons (Fsp3) is 0.857. The summed E-state index contributed by atoms with van der Waals surface area (Å²) in [6.45, 7) is 4.07. The van der Waals surface area contributed by atoms with Gasteiger partial charge >= 0.3 is 0 Å². The molecule has 0 heterocycles. The van der Waals surface area contributed by atoms with Gasteiger partial charge in [0.1, 0.15) is 5.78 Å². The average Bonchev–Trinajstić information content (AvgIpc) is 1.68. The van der Waals surface area contributed by atoms with E-state index >= 15 is 0 Å². The van der Waals surface area contributed by atoms with Crippen LogP contribution in [-0.2, 0) is 4.79 Å². The molecule has 0 atom stereocenters. The zero-order valence-electron chi connectivity index (χ0n) is 6.74. The molecule has 0 amide bonds. The number of rotatable bonds is 4. The second kappa shape index (κ2) is 8.67. The minimum absolute atomic E-state index is 0. The first-order valence-electron chi connectivity index (χ1n) is 3.33. The molecule has 0 saturated carbocycles. The summed E-state index contributed by atoms with van der Waals surface area (Å²) in [6, 6.07) is 0. The van der Waals surface area contributed by atoms with Gasteiger partial charge in [-0.25, -0.2) is 0 Å². The van der Waals surface area contributed by atoms with E-state index in [1.165, 1.54) is 0 Å². The van der Waals surface area contributed by atoms with Crippen molar-refractivity contribution in [3.05, 3.63) is 0 Å². The van der Waals surface area contributed by atoms with Gasteiger partial charge in [-0.2, -0.15) is 0 Å². The Kier molecular flexibility index (Phi) is 11.9. The van der Waals surface area contributed by atoms with Crippen molar-refractivity contribution in [3.63, 3.8) is 0 Å². The van der Waals surface area contributed by atoms with Crippen LogP contribution < -0.4 is 0 Å². The molecule has 0 aromatic rings. The van der Waals surface area contributed by atoms with Gasteiger partial charge in [-0.1, -0.05) is 13.8 Å². The summed E-state index contributed by atoms with van der Waals surface area (Å²) in [7, 11) is 0. The molecule has 0 saturated heterocycles. The topological polar surface area (TPSA) is 17.1 Å². The third kappa shape index (κ3) is 8.67. The van der Waals surface area contributed by atoms with Crippen molar-refractivity contribution in [2.75, 3.05) is 0 Å². The van der Waals surface area contributed by atoms with Crippen LogP contribution in [0.15, 0.2) is 0 Å². The van der Waals surface area contributed by atoms with Gasteiger partial charge in [0.2, 0.25) is 0 Å². The molecular formula is C7H14NaO. The van der Waals surface area contributed by atoms with Gasteiger partial charge in [-0.15, -0.1) is 0 Å². The molecule has 1 radical (unpaired) electrons. The molecule has 2 heteroatoms. The van der Waals surface area contributed by atoms with Gasteiger partial charge in [-0.05, 0) is 12.8 Å². The Labute approximate surface area is 79.5 Å². The van der Waals surface area contributed by atoms with Crippen molar-refractivity contribution in [1.82, 2.24) is 0 Å². The molecule has 0 fully saturated rings. The number of ketones is 1. The zero-order valence-corrected chi connectivity index (χ0v) is 8.74. The minimum Gasteiger partial charge on any atom is -0.300 e. The average molecular weight is 137 g/mol. The summed E-state index contributed by atoms with van der Waals surface area (Å²) in [5.41, 5.74) is 0. The largest absolute Gasteiger partial charge is 0.300 e. The van der Waals surface area contributed by atoms with E-state index in [-0.39, 0.29) is 29.6 Å². The standard InChI is InChI=1S/C7H14O.Na/c1-3-5-7(8)6-4-2;/h3-6H2,1-2H3;.